The summed E-state index contributed by atoms with van der Waals surface area (Å²) in [6.07, 6.45) is 0. The second kappa shape index (κ2) is 6.10. The molecule has 1 heterocycles. The lowest BCUT2D eigenvalue weighted by molar-refractivity contribution is 0.489. The van der Waals surface area contributed by atoms with Gasteiger partial charge >= 0.3 is 0 Å². The van der Waals surface area contributed by atoms with Crippen LogP contribution in [0.2, 0.25) is 0 Å². The minimum absolute atomic E-state index is 0.176. The number of nitrogens with zero attached hydrogens (tertiary/aromatic N) is 1. The van der Waals surface area contributed by atoms with Crippen LogP contribution in [-0.4, -0.2) is 19.6 Å². The minimum Gasteiger partial charge on any atom is -0.361 e. The van der Waals surface area contributed by atoms with Crippen LogP contribution in [0.3, 0.4) is 0 Å². The van der Waals surface area contributed by atoms with Crippen LogP contribution in [0, 0.1) is 9.39 Å². The molecule has 0 bridgehead atoms. The molecule has 1 aliphatic rings. The van der Waals surface area contributed by atoms with Crippen molar-refractivity contribution in [2.45, 2.75) is 6.04 Å². The average Bonchev–Trinajstić information content (AvgIpc) is 2.48. The largest absolute Gasteiger partial charge is 0.361 e. The molecule has 3 rings (SSSR count). The lowest BCUT2D eigenvalue weighted by Crippen LogP contribution is -2.46. The fourth-order valence-electron chi connectivity index (χ4n) is 2.68. The van der Waals surface area contributed by atoms with Crippen LogP contribution < -0.4 is 10.2 Å². The Kier molecular flexibility index (Phi) is 4.21. The molecule has 1 unspecified atom stereocenters. The van der Waals surface area contributed by atoms with Gasteiger partial charge in [0.25, 0.3) is 0 Å². The summed E-state index contributed by atoms with van der Waals surface area (Å²) in [6.45, 7) is 2.80. The lowest BCUT2D eigenvalue weighted by Gasteiger charge is -2.39. The normalized spacial score (nSPS) is 19.1. The molecular formula is C16H16FIN2. The molecule has 104 valence electrons. The summed E-state index contributed by atoms with van der Waals surface area (Å²) < 4.78 is 14.3. The summed E-state index contributed by atoms with van der Waals surface area (Å²) in [5.41, 5.74) is 2.40. The lowest BCUT2D eigenvalue weighted by atomic mass is 10.0. The SMILES string of the molecule is Fc1ccc(N2CCNCC2c2ccccc2)c(I)c1. The smallest absolute Gasteiger partial charge is 0.124 e. The van der Waals surface area contributed by atoms with E-state index in [-0.39, 0.29) is 5.82 Å². The van der Waals surface area contributed by atoms with E-state index in [9.17, 15) is 4.39 Å². The van der Waals surface area contributed by atoms with E-state index in [2.05, 4.69) is 57.1 Å². The first-order valence-electron chi connectivity index (χ1n) is 6.73. The molecule has 0 aliphatic carbocycles. The van der Waals surface area contributed by atoms with Gasteiger partial charge in [0.1, 0.15) is 5.82 Å². The van der Waals surface area contributed by atoms with E-state index in [1.165, 1.54) is 5.56 Å². The van der Waals surface area contributed by atoms with Gasteiger partial charge in [-0.2, -0.15) is 0 Å². The number of hydrogen-bond acceptors (Lipinski definition) is 2. The minimum atomic E-state index is -0.176. The third kappa shape index (κ3) is 2.81. The van der Waals surface area contributed by atoms with Crippen molar-refractivity contribution >= 4 is 28.3 Å². The van der Waals surface area contributed by atoms with Crippen LogP contribution in [-0.2, 0) is 0 Å². The van der Waals surface area contributed by atoms with Crippen LogP contribution in [0.5, 0.6) is 0 Å². The molecule has 1 fully saturated rings. The number of anilines is 1. The summed E-state index contributed by atoms with van der Waals surface area (Å²) in [4.78, 5) is 2.37. The molecule has 0 aromatic heterocycles. The molecule has 2 aromatic carbocycles. The van der Waals surface area contributed by atoms with Crippen LogP contribution in [0.15, 0.2) is 48.5 Å². The summed E-state index contributed by atoms with van der Waals surface area (Å²) in [5, 5.41) is 3.45. The molecule has 0 radical (unpaired) electrons. The Labute approximate surface area is 132 Å². The maximum Gasteiger partial charge on any atom is 0.124 e. The van der Waals surface area contributed by atoms with Crippen molar-refractivity contribution in [3.63, 3.8) is 0 Å². The molecule has 0 saturated carbocycles. The van der Waals surface area contributed by atoms with Gasteiger partial charge in [-0.05, 0) is 46.4 Å². The van der Waals surface area contributed by atoms with E-state index in [4.69, 9.17) is 0 Å². The molecular weight excluding hydrogens is 366 g/mol. The highest BCUT2D eigenvalue weighted by Crippen LogP contribution is 2.32. The Morgan fingerprint density at radius 1 is 1.15 bits per heavy atom. The van der Waals surface area contributed by atoms with Crippen molar-refractivity contribution in [1.82, 2.24) is 5.32 Å². The summed E-state index contributed by atoms with van der Waals surface area (Å²) in [5.74, 6) is -0.176. The third-order valence-electron chi connectivity index (χ3n) is 3.65. The van der Waals surface area contributed by atoms with Crippen LogP contribution >= 0.6 is 22.6 Å². The molecule has 2 nitrogen and oxygen atoms in total. The molecule has 1 atom stereocenters. The maximum atomic E-state index is 13.3. The number of rotatable bonds is 2. The van der Waals surface area contributed by atoms with Gasteiger partial charge in [0, 0.05) is 23.2 Å². The molecule has 0 spiro atoms. The Bertz CT molecular complexity index is 588. The van der Waals surface area contributed by atoms with E-state index in [1.54, 1.807) is 12.1 Å². The summed E-state index contributed by atoms with van der Waals surface area (Å²) in [6, 6.07) is 15.8. The first-order chi connectivity index (χ1) is 9.75. The number of hydrogen-bond donors (Lipinski definition) is 1. The van der Waals surface area contributed by atoms with E-state index < -0.39 is 0 Å². The third-order valence-corrected chi connectivity index (χ3v) is 4.51. The van der Waals surface area contributed by atoms with Crippen LogP contribution in [0.4, 0.5) is 10.1 Å². The van der Waals surface area contributed by atoms with Crippen LogP contribution in [0.25, 0.3) is 0 Å². The van der Waals surface area contributed by atoms with Gasteiger partial charge in [0.15, 0.2) is 0 Å². The number of piperazine rings is 1. The standard InChI is InChI=1S/C16H16FIN2/c17-13-6-7-15(14(18)10-13)20-9-8-19-11-16(20)12-4-2-1-3-5-12/h1-7,10,16,19H,8-9,11H2. The quantitative estimate of drug-likeness (QED) is 0.799. The predicted octanol–water partition coefficient (Wildman–Crippen LogP) is 3.58. The van der Waals surface area contributed by atoms with E-state index in [0.29, 0.717) is 6.04 Å². The Morgan fingerprint density at radius 3 is 2.70 bits per heavy atom. The van der Waals surface area contributed by atoms with Gasteiger partial charge in [0.05, 0.1) is 11.7 Å². The maximum absolute atomic E-state index is 13.3. The highest BCUT2D eigenvalue weighted by Gasteiger charge is 2.25. The first kappa shape index (κ1) is 13.8. The zero-order valence-corrected chi connectivity index (χ0v) is 13.2. The Balaban J connectivity index is 1.97. The number of benzene rings is 2. The van der Waals surface area contributed by atoms with E-state index >= 15 is 0 Å². The molecule has 0 amide bonds. The average molecular weight is 382 g/mol. The zero-order valence-electron chi connectivity index (χ0n) is 11.0. The first-order valence-corrected chi connectivity index (χ1v) is 7.81. The van der Waals surface area contributed by atoms with Gasteiger partial charge in [0.2, 0.25) is 0 Å². The fourth-order valence-corrected chi connectivity index (χ4v) is 3.47. The summed E-state index contributed by atoms with van der Waals surface area (Å²) in [7, 11) is 0. The number of nitrogens with one attached hydrogen (secondary N) is 1. The van der Waals surface area contributed by atoms with Crippen molar-refractivity contribution in [3.8, 4) is 0 Å². The van der Waals surface area contributed by atoms with Crippen molar-refractivity contribution in [3.05, 3.63) is 63.5 Å². The predicted molar refractivity (Wildman–Crippen MR) is 88.5 cm³/mol. The van der Waals surface area contributed by atoms with Crippen molar-refractivity contribution in [1.29, 1.82) is 0 Å². The molecule has 2 aromatic rings. The molecule has 20 heavy (non-hydrogen) atoms. The second-order valence-corrected chi connectivity index (χ2v) is 6.08. The highest BCUT2D eigenvalue weighted by molar-refractivity contribution is 14.1. The van der Waals surface area contributed by atoms with E-state index in [0.717, 1.165) is 28.9 Å². The van der Waals surface area contributed by atoms with Gasteiger partial charge in [-0.15, -0.1) is 0 Å². The van der Waals surface area contributed by atoms with Crippen molar-refractivity contribution < 1.29 is 4.39 Å². The summed E-state index contributed by atoms with van der Waals surface area (Å²) >= 11 is 2.22. The molecule has 4 heteroatoms. The van der Waals surface area contributed by atoms with Gasteiger partial charge in [-0.25, -0.2) is 4.39 Å². The van der Waals surface area contributed by atoms with Crippen molar-refractivity contribution in [2.75, 3.05) is 24.5 Å². The highest BCUT2D eigenvalue weighted by atomic mass is 127. The molecule has 1 aliphatic heterocycles. The zero-order chi connectivity index (χ0) is 13.9. The van der Waals surface area contributed by atoms with E-state index in [1.807, 2.05) is 12.1 Å². The monoisotopic (exact) mass is 382 g/mol. The van der Waals surface area contributed by atoms with Crippen LogP contribution in [0.1, 0.15) is 11.6 Å². The topological polar surface area (TPSA) is 15.3 Å². The second-order valence-electron chi connectivity index (χ2n) is 4.92. The van der Waals surface area contributed by atoms with Gasteiger partial charge in [-0.1, -0.05) is 30.3 Å². The fraction of sp³-hybridized carbons (Fsp3) is 0.250. The van der Waals surface area contributed by atoms with Gasteiger partial charge < -0.3 is 10.2 Å². The van der Waals surface area contributed by atoms with Gasteiger partial charge in [-0.3, -0.25) is 0 Å². The molecule has 1 saturated heterocycles. The Hall–Kier alpha value is -1.14. The van der Waals surface area contributed by atoms with Crippen molar-refractivity contribution in [2.24, 2.45) is 0 Å². The molecule has 1 N–H and O–H groups in total. The number of halogens is 2. The Morgan fingerprint density at radius 2 is 1.95 bits per heavy atom.